The maximum Gasteiger partial charge on any atom is 0.274 e. The number of H-pyrrole nitrogens is 1. The van der Waals surface area contributed by atoms with Crippen molar-refractivity contribution in [3.63, 3.8) is 0 Å². The van der Waals surface area contributed by atoms with E-state index in [1.54, 1.807) is 11.6 Å². The Bertz CT molecular complexity index is 1270. The summed E-state index contributed by atoms with van der Waals surface area (Å²) >= 11 is 0. The molecule has 1 fully saturated rings. The van der Waals surface area contributed by atoms with Gasteiger partial charge in [-0.2, -0.15) is 0 Å². The van der Waals surface area contributed by atoms with Crippen molar-refractivity contribution in [3.8, 4) is 11.1 Å². The van der Waals surface area contributed by atoms with E-state index >= 15 is 0 Å². The molecule has 3 heterocycles. The number of fused-ring (bicyclic) bond motifs is 2. The van der Waals surface area contributed by atoms with Crippen LogP contribution in [0.4, 0.5) is 5.69 Å². The van der Waals surface area contributed by atoms with E-state index < -0.39 is 9.84 Å². The first-order valence-electron chi connectivity index (χ1n) is 9.56. The Hall–Kier alpha value is -2.54. The second-order valence-corrected chi connectivity index (χ2v) is 10.4. The smallest absolute Gasteiger partial charge is 0.274 e. The van der Waals surface area contributed by atoms with Crippen LogP contribution in [0.25, 0.3) is 22.0 Å². The van der Waals surface area contributed by atoms with Crippen molar-refractivity contribution >= 4 is 26.4 Å². The van der Waals surface area contributed by atoms with Gasteiger partial charge in [0.25, 0.3) is 5.56 Å². The zero-order chi connectivity index (χ0) is 19.6. The molecule has 5 rings (SSSR count). The van der Waals surface area contributed by atoms with Gasteiger partial charge in [-0.1, -0.05) is 6.07 Å². The molecule has 0 atom stereocenters. The third kappa shape index (κ3) is 2.94. The number of hydrogen-bond acceptors (Lipinski definition) is 4. The highest BCUT2D eigenvalue weighted by atomic mass is 32.2. The van der Waals surface area contributed by atoms with E-state index in [0.717, 1.165) is 46.4 Å². The van der Waals surface area contributed by atoms with Crippen molar-refractivity contribution < 1.29 is 8.42 Å². The van der Waals surface area contributed by atoms with Crippen molar-refractivity contribution in [2.75, 3.05) is 17.7 Å². The number of rotatable bonds is 4. The van der Waals surface area contributed by atoms with Gasteiger partial charge >= 0.3 is 0 Å². The third-order valence-corrected chi connectivity index (χ3v) is 6.60. The lowest BCUT2D eigenvalue weighted by atomic mass is 9.99. The average Bonchev–Trinajstić information content (AvgIpc) is 3.35. The van der Waals surface area contributed by atoms with Crippen molar-refractivity contribution in [2.24, 2.45) is 13.0 Å². The molecule has 3 aromatic rings. The zero-order valence-corrected chi connectivity index (χ0v) is 16.8. The SMILES string of the molecule is Cn1cc2c3c(c[nH]c3c1=O)CN(CC1CC1)c1ccc(CS(C)(=O)=O)cc1-2. The highest BCUT2D eigenvalue weighted by Gasteiger charge is 2.29. The van der Waals surface area contributed by atoms with E-state index in [1.165, 1.54) is 19.1 Å². The van der Waals surface area contributed by atoms with E-state index in [4.69, 9.17) is 0 Å². The molecule has 1 aromatic carbocycles. The average molecular weight is 398 g/mol. The molecule has 1 aliphatic heterocycles. The molecule has 0 bridgehead atoms. The quantitative estimate of drug-likeness (QED) is 0.735. The van der Waals surface area contributed by atoms with E-state index in [-0.39, 0.29) is 11.3 Å². The van der Waals surface area contributed by atoms with Crippen LogP contribution in [0.3, 0.4) is 0 Å². The summed E-state index contributed by atoms with van der Waals surface area (Å²) < 4.78 is 25.3. The molecule has 0 spiro atoms. The fourth-order valence-electron chi connectivity index (χ4n) is 4.30. The number of hydrogen-bond donors (Lipinski definition) is 1. The molecule has 1 aliphatic carbocycles. The lowest BCUT2D eigenvalue weighted by Gasteiger charge is -2.26. The summed E-state index contributed by atoms with van der Waals surface area (Å²) in [6.45, 7) is 1.73. The summed E-state index contributed by atoms with van der Waals surface area (Å²) in [7, 11) is -1.37. The van der Waals surface area contributed by atoms with Crippen LogP contribution in [0.1, 0.15) is 24.0 Å². The molecule has 28 heavy (non-hydrogen) atoms. The number of pyridine rings is 1. The molecular weight excluding hydrogens is 374 g/mol. The maximum atomic E-state index is 12.6. The zero-order valence-electron chi connectivity index (χ0n) is 16.0. The van der Waals surface area contributed by atoms with E-state index in [0.29, 0.717) is 11.4 Å². The van der Waals surface area contributed by atoms with Gasteiger partial charge in [-0.3, -0.25) is 4.79 Å². The Morgan fingerprint density at radius 1 is 1.21 bits per heavy atom. The van der Waals surface area contributed by atoms with Crippen LogP contribution < -0.4 is 10.5 Å². The van der Waals surface area contributed by atoms with Gasteiger partial charge in [0.15, 0.2) is 9.84 Å². The maximum absolute atomic E-state index is 12.6. The van der Waals surface area contributed by atoms with Gasteiger partial charge in [0.1, 0.15) is 5.52 Å². The predicted octanol–water partition coefficient (Wildman–Crippen LogP) is 2.81. The molecule has 0 saturated heterocycles. The summed E-state index contributed by atoms with van der Waals surface area (Å²) in [5, 5.41) is 0.958. The minimum atomic E-state index is -3.13. The van der Waals surface area contributed by atoms with E-state index in [2.05, 4.69) is 9.88 Å². The van der Waals surface area contributed by atoms with Crippen LogP contribution in [0.2, 0.25) is 0 Å². The number of sulfone groups is 1. The Balaban J connectivity index is 1.78. The van der Waals surface area contributed by atoms with Crippen LogP contribution in [0, 0.1) is 5.92 Å². The molecule has 2 aromatic heterocycles. The van der Waals surface area contributed by atoms with Gasteiger partial charge < -0.3 is 14.5 Å². The molecule has 0 unspecified atom stereocenters. The largest absolute Gasteiger partial charge is 0.366 e. The molecule has 0 radical (unpaired) electrons. The van der Waals surface area contributed by atoms with Crippen LogP contribution in [-0.4, -0.2) is 30.8 Å². The Morgan fingerprint density at radius 2 is 2.00 bits per heavy atom. The topological polar surface area (TPSA) is 75.2 Å². The summed E-state index contributed by atoms with van der Waals surface area (Å²) in [6, 6.07) is 5.95. The molecule has 1 N–H and O–H groups in total. The summed E-state index contributed by atoms with van der Waals surface area (Å²) in [5.41, 5.74) is 5.55. The molecule has 146 valence electrons. The molecule has 6 nitrogen and oxygen atoms in total. The number of nitrogens with one attached hydrogen (secondary N) is 1. The number of aromatic nitrogens is 2. The Kier molecular flexibility index (Phi) is 3.75. The molecular formula is C21H23N3O3S. The molecule has 1 saturated carbocycles. The number of aromatic amines is 1. The lowest BCUT2D eigenvalue weighted by molar-refractivity contribution is 0.601. The standard InChI is InChI=1S/C21H23N3O3S/c1-23-11-17-16-7-14(12-28(2,26)27)5-6-18(16)24(9-13-3-4-13)10-15-8-22-20(19(15)17)21(23)25/h5-8,11,13,22H,3-4,9-10,12H2,1-2H3. The number of anilines is 1. The highest BCUT2D eigenvalue weighted by molar-refractivity contribution is 7.89. The van der Waals surface area contributed by atoms with Gasteiger partial charge in [0.2, 0.25) is 0 Å². The molecule has 7 heteroatoms. The van der Waals surface area contributed by atoms with Crippen LogP contribution in [0.5, 0.6) is 0 Å². The fourth-order valence-corrected chi connectivity index (χ4v) is 5.08. The van der Waals surface area contributed by atoms with Gasteiger partial charge in [0.05, 0.1) is 5.75 Å². The number of benzene rings is 1. The Morgan fingerprint density at radius 3 is 2.71 bits per heavy atom. The first-order valence-corrected chi connectivity index (χ1v) is 11.6. The number of nitrogens with zero attached hydrogens (tertiary/aromatic N) is 2. The van der Waals surface area contributed by atoms with Gasteiger partial charge in [-0.25, -0.2) is 8.42 Å². The van der Waals surface area contributed by atoms with Crippen molar-refractivity contribution in [2.45, 2.75) is 25.1 Å². The van der Waals surface area contributed by atoms with E-state index in [9.17, 15) is 13.2 Å². The second-order valence-electron chi connectivity index (χ2n) is 8.27. The lowest BCUT2D eigenvalue weighted by Crippen LogP contribution is -2.24. The molecule has 0 amide bonds. The highest BCUT2D eigenvalue weighted by Crippen LogP contribution is 2.42. The monoisotopic (exact) mass is 397 g/mol. The van der Waals surface area contributed by atoms with Gasteiger partial charge in [0, 0.05) is 61.0 Å². The minimum Gasteiger partial charge on any atom is -0.366 e. The normalized spacial score (nSPS) is 16.3. The van der Waals surface area contributed by atoms with Crippen LogP contribution in [-0.2, 0) is 29.2 Å². The molecule has 2 aliphatic rings. The summed E-state index contributed by atoms with van der Waals surface area (Å²) in [6.07, 6.45) is 7.59. The Labute approximate surface area is 163 Å². The minimum absolute atomic E-state index is 0.0117. The van der Waals surface area contributed by atoms with Gasteiger partial charge in [-0.15, -0.1) is 0 Å². The summed E-state index contributed by atoms with van der Waals surface area (Å²) in [5.74, 6) is 0.725. The fraction of sp³-hybridized carbons (Fsp3) is 0.381. The van der Waals surface area contributed by atoms with Crippen LogP contribution in [0.15, 0.2) is 35.4 Å². The number of aryl methyl sites for hydroxylation is 1. The first kappa shape index (κ1) is 17.6. The van der Waals surface area contributed by atoms with Crippen molar-refractivity contribution in [1.82, 2.24) is 9.55 Å². The summed E-state index contributed by atoms with van der Waals surface area (Å²) in [4.78, 5) is 18.2. The van der Waals surface area contributed by atoms with Gasteiger partial charge in [-0.05, 0) is 42.0 Å². The second kappa shape index (κ2) is 5.98. The predicted molar refractivity (Wildman–Crippen MR) is 111 cm³/mol. The van der Waals surface area contributed by atoms with Crippen molar-refractivity contribution in [1.29, 1.82) is 0 Å². The van der Waals surface area contributed by atoms with E-state index in [1.807, 2.05) is 30.6 Å². The van der Waals surface area contributed by atoms with Crippen LogP contribution >= 0.6 is 0 Å². The third-order valence-electron chi connectivity index (χ3n) is 5.75. The first-order chi connectivity index (χ1) is 13.3. The van der Waals surface area contributed by atoms with Crippen molar-refractivity contribution in [3.05, 3.63) is 52.1 Å².